The maximum atomic E-state index is 13.0. The molecule has 7 nitrogen and oxygen atoms in total. The van der Waals surface area contributed by atoms with Gasteiger partial charge in [0.25, 0.3) is 0 Å². The van der Waals surface area contributed by atoms with E-state index in [0.717, 1.165) is 38.5 Å². The summed E-state index contributed by atoms with van der Waals surface area (Å²) in [5, 5.41) is 2.84. The number of unbranched alkanes of at least 4 members (excludes halogenated alkanes) is 14. The van der Waals surface area contributed by atoms with E-state index in [1.807, 2.05) is 0 Å². The molecule has 0 unspecified atom stereocenters. The van der Waals surface area contributed by atoms with Gasteiger partial charge in [0.05, 0.1) is 7.11 Å². The first-order chi connectivity index (χ1) is 18.0. The van der Waals surface area contributed by atoms with Gasteiger partial charge in [-0.2, -0.15) is 0 Å². The summed E-state index contributed by atoms with van der Waals surface area (Å²) in [6, 6.07) is -0.697. The molecule has 0 rings (SSSR count). The first kappa shape index (κ1) is 35.5. The van der Waals surface area contributed by atoms with E-state index in [1.54, 1.807) is 0 Å². The minimum absolute atomic E-state index is 0.133. The predicted octanol–water partition coefficient (Wildman–Crippen LogP) is 5.96. The molecule has 0 aliphatic rings. The van der Waals surface area contributed by atoms with E-state index in [1.165, 1.54) is 77.7 Å². The zero-order valence-corrected chi connectivity index (χ0v) is 24.2. The first-order valence-electron chi connectivity index (χ1n) is 15.3. The summed E-state index contributed by atoms with van der Waals surface area (Å²) in [5.41, 5.74) is 11.2. The van der Waals surface area contributed by atoms with Crippen molar-refractivity contribution in [3.05, 3.63) is 0 Å². The van der Waals surface area contributed by atoms with E-state index in [2.05, 4.69) is 12.2 Å². The Kier molecular flexibility index (Phi) is 25.1. The predicted molar refractivity (Wildman–Crippen MR) is 153 cm³/mol. The molecule has 0 aromatic heterocycles. The number of rotatable bonds is 27. The third-order valence-corrected chi connectivity index (χ3v) is 7.16. The molecule has 37 heavy (non-hydrogen) atoms. The van der Waals surface area contributed by atoms with Crippen LogP contribution in [0.25, 0.3) is 0 Å². The van der Waals surface area contributed by atoms with Crippen LogP contribution < -0.4 is 16.8 Å². The number of carbonyl (C=O) groups is 3. The van der Waals surface area contributed by atoms with Crippen molar-refractivity contribution in [1.82, 2.24) is 5.32 Å². The molecule has 1 amide bonds. The lowest BCUT2D eigenvalue weighted by Gasteiger charge is -2.21. The van der Waals surface area contributed by atoms with Crippen LogP contribution in [0.3, 0.4) is 0 Å². The number of nitrogens with two attached hydrogens (primary N) is 2. The molecule has 0 spiro atoms. The molecule has 0 aromatic rings. The van der Waals surface area contributed by atoms with Crippen molar-refractivity contribution < 1.29 is 19.1 Å². The summed E-state index contributed by atoms with van der Waals surface area (Å²) in [6.45, 7) is 3.36. The molecule has 5 N–H and O–H groups in total. The molecule has 0 bridgehead atoms. The van der Waals surface area contributed by atoms with Crippen LogP contribution in [0, 0.1) is 5.92 Å². The van der Waals surface area contributed by atoms with Crippen LogP contribution in [-0.2, 0) is 19.1 Å². The van der Waals surface area contributed by atoms with Gasteiger partial charge in [-0.05, 0) is 51.6 Å². The minimum atomic E-state index is -0.697. The van der Waals surface area contributed by atoms with Gasteiger partial charge in [0, 0.05) is 18.8 Å². The van der Waals surface area contributed by atoms with Crippen LogP contribution in [0.4, 0.5) is 0 Å². The summed E-state index contributed by atoms with van der Waals surface area (Å²) in [5.74, 6) is -0.986. The van der Waals surface area contributed by atoms with Crippen LogP contribution in [0.1, 0.15) is 142 Å². The van der Waals surface area contributed by atoms with Crippen molar-refractivity contribution in [3.63, 3.8) is 0 Å². The van der Waals surface area contributed by atoms with Gasteiger partial charge >= 0.3 is 5.97 Å². The normalized spacial score (nSPS) is 12.8. The smallest absolute Gasteiger partial charge is 0.328 e. The Morgan fingerprint density at radius 2 is 1.16 bits per heavy atom. The van der Waals surface area contributed by atoms with Crippen molar-refractivity contribution in [2.24, 2.45) is 17.4 Å². The number of hydrogen-bond donors (Lipinski definition) is 3. The molecule has 0 aliphatic carbocycles. The van der Waals surface area contributed by atoms with Gasteiger partial charge in [-0.25, -0.2) is 4.79 Å². The van der Waals surface area contributed by atoms with Gasteiger partial charge in [0.1, 0.15) is 11.8 Å². The second-order valence-electron chi connectivity index (χ2n) is 10.6. The van der Waals surface area contributed by atoms with Gasteiger partial charge in [-0.1, -0.05) is 90.4 Å². The van der Waals surface area contributed by atoms with E-state index in [-0.39, 0.29) is 18.1 Å². The highest BCUT2D eigenvalue weighted by Crippen LogP contribution is 2.18. The quantitative estimate of drug-likeness (QED) is 0.0898. The maximum absolute atomic E-state index is 13.0. The Hall–Kier alpha value is -1.47. The second-order valence-corrected chi connectivity index (χ2v) is 10.6. The van der Waals surface area contributed by atoms with E-state index in [0.29, 0.717) is 32.4 Å². The summed E-state index contributed by atoms with van der Waals surface area (Å²) in [4.78, 5) is 37.8. The van der Waals surface area contributed by atoms with E-state index < -0.39 is 17.9 Å². The summed E-state index contributed by atoms with van der Waals surface area (Å²) >= 11 is 0. The molecular formula is C30H59N3O4. The number of ketones is 1. The molecule has 7 heteroatoms. The number of nitrogens with one attached hydrogen (secondary N) is 1. The van der Waals surface area contributed by atoms with Gasteiger partial charge in [-0.15, -0.1) is 0 Å². The fraction of sp³-hybridized carbons (Fsp3) is 0.900. The Bertz CT molecular complexity index is 571. The molecule has 0 saturated heterocycles. The van der Waals surface area contributed by atoms with Gasteiger partial charge < -0.3 is 21.5 Å². The average Bonchev–Trinajstić information content (AvgIpc) is 2.89. The van der Waals surface area contributed by atoms with Gasteiger partial charge in [-0.3, -0.25) is 9.59 Å². The summed E-state index contributed by atoms with van der Waals surface area (Å²) < 4.78 is 4.87. The molecular weight excluding hydrogens is 466 g/mol. The molecule has 0 radical (unpaired) electrons. The average molecular weight is 526 g/mol. The monoisotopic (exact) mass is 525 g/mol. The van der Waals surface area contributed by atoms with Crippen molar-refractivity contribution in [2.45, 2.75) is 148 Å². The third-order valence-electron chi connectivity index (χ3n) is 7.16. The largest absolute Gasteiger partial charge is 0.467 e. The Morgan fingerprint density at radius 1 is 0.676 bits per heavy atom. The number of Topliss-reactive ketones (excluding diaryl/α,β-unsaturated/α-hetero) is 1. The summed E-state index contributed by atoms with van der Waals surface area (Å²) in [6.07, 6.45) is 21.5. The number of carbonyl (C=O) groups excluding carboxylic acids is 3. The van der Waals surface area contributed by atoms with E-state index in [9.17, 15) is 14.4 Å². The van der Waals surface area contributed by atoms with Crippen LogP contribution in [0.15, 0.2) is 0 Å². The fourth-order valence-corrected chi connectivity index (χ4v) is 4.75. The topological polar surface area (TPSA) is 125 Å². The lowest BCUT2D eigenvalue weighted by Crippen LogP contribution is -2.44. The van der Waals surface area contributed by atoms with E-state index >= 15 is 0 Å². The van der Waals surface area contributed by atoms with Crippen LogP contribution in [0.2, 0.25) is 0 Å². The van der Waals surface area contributed by atoms with Crippen molar-refractivity contribution >= 4 is 17.7 Å². The summed E-state index contributed by atoms with van der Waals surface area (Å²) in [7, 11) is 1.32. The zero-order chi connectivity index (χ0) is 27.6. The molecule has 0 aromatic carbocycles. The molecule has 0 aliphatic heterocycles. The van der Waals surface area contributed by atoms with Crippen molar-refractivity contribution in [1.29, 1.82) is 0 Å². The highest BCUT2D eigenvalue weighted by Gasteiger charge is 2.27. The standard InChI is InChI=1S/C30H59N3O4/c1-3-4-5-6-7-8-9-10-11-12-13-14-15-21-27(34)25-26(20-16-18-23-31)29(35)33-28(30(36)37-2)22-17-19-24-32/h26,28H,3-25,31-32H2,1-2H3,(H,33,35)/t26-,28+/m1/s1. The molecule has 218 valence electrons. The lowest BCUT2D eigenvalue weighted by atomic mass is 9.92. The Labute approximate surface area is 227 Å². The Morgan fingerprint density at radius 3 is 1.65 bits per heavy atom. The molecule has 0 fully saturated rings. The van der Waals surface area contributed by atoms with Crippen LogP contribution in [-0.4, -0.2) is 43.9 Å². The number of hydrogen-bond acceptors (Lipinski definition) is 6. The fourth-order valence-electron chi connectivity index (χ4n) is 4.75. The van der Waals surface area contributed by atoms with Crippen molar-refractivity contribution in [2.75, 3.05) is 20.2 Å². The SMILES string of the molecule is CCCCCCCCCCCCCCCC(=O)C[C@@H](CCCCN)C(=O)N[C@@H](CCCCN)C(=O)OC. The van der Waals surface area contributed by atoms with Crippen LogP contribution >= 0.6 is 0 Å². The third kappa shape index (κ3) is 21.2. The van der Waals surface area contributed by atoms with Crippen molar-refractivity contribution in [3.8, 4) is 0 Å². The highest BCUT2D eigenvalue weighted by molar-refractivity contribution is 5.89. The molecule has 0 heterocycles. The van der Waals surface area contributed by atoms with E-state index in [4.69, 9.17) is 16.2 Å². The highest BCUT2D eigenvalue weighted by atomic mass is 16.5. The minimum Gasteiger partial charge on any atom is -0.467 e. The Balaban J connectivity index is 4.29. The molecule has 2 atom stereocenters. The number of esters is 1. The molecule has 0 saturated carbocycles. The van der Waals surface area contributed by atoms with Gasteiger partial charge in [0.2, 0.25) is 5.91 Å². The van der Waals surface area contributed by atoms with Crippen LogP contribution in [0.5, 0.6) is 0 Å². The number of amides is 1. The lowest BCUT2D eigenvalue weighted by molar-refractivity contribution is -0.146. The van der Waals surface area contributed by atoms with Gasteiger partial charge in [0.15, 0.2) is 0 Å². The first-order valence-corrected chi connectivity index (χ1v) is 15.3. The zero-order valence-electron chi connectivity index (χ0n) is 24.2. The number of methoxy groups -OCH3 is 1. The maximum Gasteiger partial charge on any atom is 0.328 e. The number of ether oxygens (including phenoxy) is 1. The second kappa shape index (κ2) is 26.1.